The van der Waals surface area contributed by atoms with Crippen LogP contribution in [0.3, 0.4) is 0 Å². The van der Waals surface area contributed by atoms with Crippen molar-refractivity contribution in [1.82, 2.24) is 0 Å². The maximum atomic E-state index is 5.82. The molecule has 1 aliphatic heterocycles. The Morgan fingerprint density at radius 2 is 1.86 bits per heavy atom. The van der Waals surface area contributed by atoms with Crippen LogP contribution in [0.15, 0.2) is 0 Å². The zero-order valence-electron chi connectivity index (χ0n) is 9.13. The molecule has 1 spiro atoms. The van der Waals surface area contributed by atoms with Gasteiger partial charge in [-0.3, -0.25) is 0 Å². The van der Waals surface area contributed by atoms with Gasteiger partial charge < -0.3 is 5.73 Å². The van der Waals surface area contributed by atoms with Crippen molar-refractivity contribution in [2.45, 2.75) is 56.1 Å². The van der Waals surface area contributed by atoms with Gasteiger partial charge in [0.05, 0.1) is 0 Å². The molecule has 0 bridgehead atoms. The van der Waals surface area contributed by atoms with Crippen LogP contribution in [-0.2, 0) is 0 Å². The van der Waals surface area contributed by atoms with Gasteiger partial charge in [-0.1, -0.05) is 25.7 Å². The molecule has 1 atom stereocenters. The summed E-state index contributed by atoms with van der Waals surface area (Å²) < 4.78 is 0.652. The Balaban J connectivity index is 1.97. The highest BCUT2D eigenvalue weighted by atomic mass is 32.2. The van der Waals surface area contributed by atoms with Crippen molar-refractivity contribution in [2.75, 3.05) is 12.3 Å². The Labute approximate surface area is 92.2 Å². The van der Waals surface area contributed by atoms with Gasteiger partial charge in [0.1, 0.15) is 0 Å². The summed E-state index contributed by atoms with van der Waals surface area (Å²) in [4.78, 5) is 0. The van der Waals surface area contributed by atoms with Gasteiger partial charge in [0.25, 0.3) is 0 Å². The second-order valence-corrected chi connectivity index (χ2v) is 6.60. The molecule has 0 amide bonds. The second kappa shape index (κ2) is 4.89. The number of rotatable bonds is 1. The summed E-state index contributed by atoms with van der Waals surface area (Å²) in [6.07, 6.45) is 11.6. The molecule has 1 unspecified atom stereocenters. The van der Waals surface area contributed by atoms with Crippen LogP contribution in [0, 0.1) is 5.92 Å². The van der Waals surface area contributed by atoms with Crippen LogP contribution < -0.4 is 5.73 Å². The monoisotopic (exact) mass is 213 g/mol. The highest BCUT2D eigenvalue weighted by Gasteiger charge is 2.36. The molecular weight excluding hydrogens is 190 g/mol. The highest BCUT2D eigenvalue weighted by molar-refractivity contribution is 8.00. The van der Waals surface area contributed by atoms with Gasteiger partial charge in [-0.15, -0.1) is 0 Å². The van der Waals surface area contributed by atoms with E-state index in [1.807, 2.05) is 0 Å². The predicted octanol–water partition coefficient (Wildman–Crippen LogP) is 3.18. The Morgan fingerprint density at radius 1 is 1.14 bits per heavy atom. The standard InChI is InChI=1S/C12H23NS/c13-10-11-5-8-14-12(9-11)6-3-1-2-4-7-12/h11H,1-10,13H2. The summed E-state index contributed by atoms with van der Waals surface area (Å²) in [7, 11) is 0. The van der Waals surface area contributed by atoms with Gasteiger partial charge in [0.15, 0.2) is 0 Å². The SMILES string of the molecule is NCC1CCSC2(CCCCCC2)C1. The van der Waals surface area contributed by atoms with E-state index >= 15 is 0 Å². The number of thioether (sulfide) groups is 1. The quantitative estimate of drug-likeness (QED) is 0.724. The lowest BCUT2D eigenvalue weighted by Gasteiger charge is -2.39. The maximum Gasteiger partial charge on any atom is 0.0163 e. The summed E-state index contributed by atoms with van der Waals surface area (Å²) in [5.41, 5.74) is 5.82. The first-order valence-electron chi connectivity index (χ1n) is 6.19. The fraction of sp³-hybridized carbons (Fsp3) is 1.00. The molecule has 2 aliphatic rings. The lowest BCUT2D eigenvalue weighted by atomic mass is 9.86. The first-order chi connectivity index (χ1) is 6.85. The van der Waals surface area contributed by atoms with Gasteiger partial charge in [0, 0.05) is 4.75 Å². The van der Waals surface area contributed by atoms with E-state index in [4.69, 9.17) is 5.73 Å². The number of hydrogen-bond acceptors (Lipinski definition) is 2. The van der Waals surface area contributed by atoms with Gasteiger partial charge in [-0.2, -0.15) is 11.8 Å². The first-order valence-corrected chi connectivity index (χ1v) is 7.17. The summed E-state index contributed by atoms with van der Waals surface area (Å²) in [6.45, 7) is 0.919. The van der Waals surface area contributed by atoms with Crippen LogP contribution in [0.4, 0.5) is 0 Å². The van der Waals surface area contributed by atoms with Crippen molar-refractivity contribution in [2.24, 2.45) is 11.7 Å². The average Bonchev–Trinajstić information content (AvgIpc) is 2.44. The van der Waals surface area contributed by atoms with Crippen molar-refractivity contribution in [1.29, 1.82) is 0 Å². The fourth-order valence-electron chi connectivity index (χ4n) is 3.05. The molecule has 14 heavy (non-hydrogen) atoms. The third-order valence-corrected chi connectivity index (χ3v) is 5.57. The van der Waals surface area contributed by atoms with Crippen LogP contribution in [0.25, 0.3) is 0 Å². The Hall–Kier alpha value is 0.310. The van der Waals surface area contributed by atoms with Crippen molar-refractivity contribution < 1.29 is 0 Å². The summed E-state index contributed by atoms with van der Waals surface area (Å²) >= 11 is 2.26. The molecule has 2 rings (SSSR count). The number of nitrogens with two attached hydrogens (primary N) is 1. The van der Waals surface area contributed by atoms with E-state index in [2.05, 4.69) is 11.8 Å². The molecule has 0 aromatic heterocycles. The van der Waals surface area contributed by atoms with E-state index in [0.717, 1.165) is 12.5 Å². The molecule has 2 N–H and O–H groups in total. The Morgan fingerprint density at radius 3 is 2.50 bits per heavy atom. The number of hydrogen-bond donors (Lipinski definition) is 1. The summed E-state index contributed by atoms with van der Waals surface area (Å²) in [5.74, 6) is 2.19. The van der Waals surface area contributed by atoms with Gasteiger partial charge in [-0.05, 0) is 43.9 Å². The highest BCUT2D eigenvalue weighted by Crippen LogP contribution is 2.47. The Bertz CT molecular complexity index is 173. The fourth-order valence-corrected chi connectivity index (χ4v) is 4.87. The Kier molecular flexibility index (Phi) is 3.78. The van der Waals surface area contributed by atoms with E-state index in [1.165, 1.54) is 57.1 Å². The van der Waals surface area contributed by atoms with Gasteiger partial charge >= 0.3 is 0 Å². The topological polar surface area (TPSA) is 26.0 Å². The third-order valence-electron chi connectivity index (χ3n) is 3.94. The van der Waals surface area contributed by atoms with Gasteiger partial charge in [-0.25, -0.2) is 0 Å². The van der Waals surface area contributed by atoms with E-state index in [0.29, 0.717) is 4.75 Å². The van der Waals surface area contributed by atoms with Crippen LogP contribution in [0.5, 0.6) is 0 Å². The van der Waals surface area contributed by atoms with Gasteiger partial charge in [0.2, 0.25) is 0 Å². The molecule has 82 valence electrons. The van der Waals surface area contributed by atoms with E-state index < -0.39 is 0 Å². The largest absolute Gasteiger partial charge is 0.330 e. The molecule has 1 aliphatic carbocycles. The maximum absolute atomic E-state index is 5.82. The van der Waals surface area contributed by atoms with E-state index in [1.54, 1.807) is 0 Å². The van der Waals surface area contributed by atoms with Crippen LogP contribution >= 0.6 is 11.8 Å². The molecule has 0 radical (unpaired) electrons. The van der Waals surface area contributed by atoms with Crippen LogP contribution in [0.1, 0.15) is 51.4 Å². The predicted molar refractivity (Wildman–Crippen MR) is 64.7 cm³/mol. The molecule has 1 heterocycles. The van der Waals surface area contributed by atoms with Crippen molar-refractivity contribution in [3.05, 3.63) is 0 Å². The smallest absolute Gasteiger partial charge is 0.0163 e. The zero-order valence-corrected chi connectivity index (χ0v) is 9.95. The van der Waals surface area contributed by atoms with Crippen LogP contribution in [-0.4, -0.2) is 17.0 Å². The third kappa shape index (κ3) is 2.46. The van der Waals surface area contributed by atoms with E-state index in [-0.39, 0.29) is 0 Å². The second-order valence-electron chi connectivity index (χ2n) is 5.04. The average molecular weight is 213 g/mol. The van der Waals surface area contributed by atoms with Crippen molar-refractivity contribution in [3.8, 4) is 0 Å². The first kappa shape index (κ1) is 10.8. The summed E-state index contributed by atoms with van der Waals surface area (Å²) in [6, 6.07) is 0. The minimum atomic E-state index is 0.652. The lowest BCUT2D eigenvalue weighted by Crippen LogP contribution is -2.35. The minimum Gasteiger partial charge on any atom is -0.330 e. The molecular formula is C12H23NS. The summed E-state index contributed by atoms with van der Waals surface area (Å²) in [5, 5.41) is 0. The lowest BCUT2D eigenvalue weighted by molar-refractivity contribution is 0.357. The molecule has 2 fully saturated rings. The van der Waals surface area contributed by atoms with Crippen molar-refractivity contribution >= 4 is 11.8 Å². The zero-order chi connectivity index (χ0) is 9.86. The van der Waals surface area contributed by atoms with Crippen molar-refractivity contribution in [3.63, 3.8) is 0 Å². The van der Waals surface area contributed by atoms with E-state index in [9.17, 15) is 0 Å². The molecule has 1 saturated heterocycles. The normalized spacial score (nSPS) is 32.8. The minimum absolute atomic E-state index is 0.652. The molecule has 1 saturated carbocycles. The van der Waals surface area contributed by atoms with Crippen LogP contribution in [0.2, 0.25) is 0 Å². The molecule has 0 aromatic rings. The molecule has 2 heteroatoms. The molecule has 0 aromatic carbocycles. The molecule has 1 nitrogen and oxygen atoms in total.